The van der Waals surface area contributed by atoms with E-state index < -0.39 is 27.4 Å². The Balaban J connectivity index is 1.91. The summed E-state index contributed by atoms with van der Waals surface area (Å²) in [5.74, 6) is -1.99. The van der Waals surface area contributed by atoms with Crippen LogP contribution in [0.15, 0.2) is 76.4 Å². The Morgan fingerprint density at radius 3 is 2.48 bits per heavy atom. The maximum absolute atomic E-state index is 13.7. The van der Waals surface area contributed by atoms with E-state index in [1.807, 2.05) is 0 Å². The van der Waals surface area contributed by atoms with Crippen LogP contribution in [0.2, 0.25) is 0 Å². The topological polar surface area (TPSA) is 106 Å². The molecule has 0 fully saturated rings. The number of anilines is 1. The number of rotatable bonds is 6. The Kier molecular flexibility index (Phi) is 5.12. The summed E-state index contributed by atoms with van der Waals surface area (Å²) in [4.78, 5) is 11.1. The van der Waals surface area contributed by atoms with Crippen LogP contribution in [0.25, 0.3) is 21.9 Å². The van der Waals surface area contributed by atoms with Crippen molar-refractivity contribution in [1.82, 2.24) is 0 Å². The lowest BCUT2D eigenvalue weighted by Crippen LogP contribution is -2.15. The van der Waals surface area contributed by atoms with Gasteiger partial charge in [-0.15, -0.1) is 0 Å². The number of methoxy groups -OCH3 is 1. The smallest absolute Gasteiger partial charge is 0.338 e. The normalized spacial score (nSPS) is 11.4. The molecule has 0 amide bonds. The number of furan rings is 1. The van der Waals surface area contributed by atoms with Gasteiger partial charge in [0.25, 0.3) is 10.0 Å². The van der Waals surface area contributed by atoms with Gasteiger partial charge in [0.2, 0.25) is 0 Å². The molecule has 3 aromatic carbocycles. The van der Waals surface area contributed by atoms with Crippen LogP contribution in [0.4, 0.5) is 10.1 Å². The van der Waals surface area contributed by atoms with Gasteiger partial charge < -0.3 is 14.3 Å². The number of aromatic carboxylic acids is 1. The summed E-state index contributed by atoms with van der Waals surface area (Å²) in [6.45, 7) is 0. The molecule has 0 aliphatic heterocycles. The number of hydrogen-bond acceptors (Lipinski definition) is 5. The first kappa shape index (κ1) is 20.4. The van der Waals surface area contributed by atoms with Crippen molar-refractivity contribution >= 4 is 32.5 Å². The molecule has 0 radical (unpaired) electrons. The molecule has 1 aromatic heterocycles. The molecule has 1 heterocycles. The third kappa shape index (κ3) is 3.71. The molecule has 4 rings (SSSR count). The van der Waals surface area contributed by atoms with E-state index >= 15 is 0 Å². The highest BCUT2D eigenvalue weighted by molar-refractivity contribution is 7.93. The highest BCUT2D eigenvalue weighted by atomic mass is 32.2. The highest BCUT2D eigenvalue weighted by Crippen LogP contribution is 2.40. The van der Waals surface area contributed by atoms with Crippen LogP contribution < -0.4 is 9.46 Å². The minimum Gasteiger partial charge on any atom is -0.495 e. The average Bonchev–Trinajstić information content (AvgIpc) is 3.28. The Bertz CT molecular complexity index is 1400. The Morgan fingerprint density at radius 2 is 1.84 bits per heavy atom. The van der Waals surface area contributed by atoms with E-state index in [1.165, 1.54) is 25.7 Å². The quantitative estimate of drug-likeness (QED) is 0.447. The van der Waals surface area contributed by atoms with Crippen LogP contribution in [-0.2, 0) is 10.0 Å². The standard InChI is InChI=1S/C22H16FNO6S/c1-29-21-16-5-3-2-4-15(16)20(11-17(21)13-8-9-30-12-13)31(27,28)24-14-6-7-19(23)18(10-14)22(25)26/h2-12,24H,1H3,(H,25,26). The minimum absolute atomic E-state index is 0.0544. The Morgan fingerprint density at radius 1 is 1.10 bits per heavy atom. The van der Waals surface area contributed by atoms with Crippen molar-refractivity contribution in [3.8, 4) is 16.9 Å². The molecule has 31 heavy (non-hydrogen) atoms. The van der Waals surface area contributed by atoms with Crippen molar-refractivity contribution in [2.75, 3.05) is 11.8 Å². The van der Waals surface area contributed by atoms with E-state index in [4.69, 9.17) is 14.3 Å². The van der Waals surface area contributed by atoms with Gasteiger partial charge in [-0.2, -0.15) is 0 Å². The van der Waals surface area contributed by atoms with Gasteiger partial charge in [-0.3, -0.25) is 4.72 Å². The number of hydrogen-bond donors (Lipinski definition) is 2. The first-order chi connectivity index (χ1) is 14.8. The summed E-state index contributed by atoms with van der Waals surface area (Å²) in [7, 11) is -2.70. The van der Waals surface area contributed by atoms with Gasteiger partial charge in [0.1, 0.15) is 11.6 Å². The molecule has 0 spiro atoms. The van der Waals surface area contributed by atoms with Crippen molar-refractivity contribution in [3.63, 3.8) is 0 Å². The maximum atomic E-state index is 13.7. The van der Waals surface area contributed by atoms with Gasteiger partial charge in [0.05, 0.1) is 30.1 Å². The molecular weight excluding hydrogens is 425 g/mol. The number of fused-ring (bicyclic) bond motifs is 1. The number of ether oxygens (including phenoxy) is 1. The first-order valence-electron chi connectivity index (χ1n) is 9.00. The number of benzene rings is 3. The molecule has 0 aliphatic rings. The van der Waals surface area contributed by atoms with Gasteiger partial charge in [-0.1, -0.05) is 24.3 Å². The summed E-state index contributed by atoms with van der Waals surface area (Å²) >= 11 is 0. The van der Waals surface area contributed by atoms with Crippen LogP contribution in [0.3, 0.4) is 0 Å². The van der Waals surface area contributed by atoms with E-state index in [9.17, 15) is 17.6 Å². The van der Waals surface area contributed by atoms with Gasteiger partial charge in [0.15, 0.2) is 0 Å². The average molecular weight is 441 g/mol. The fourth-order valence-corrected chi connectivity index (χ4v) is 4.64. The second-order valence-electron chi connectivity index (χ2n) is 6.62. The van der Waals surface area contributed by atoms with Crippen molar-refractivity contribution in [2.45, 2.75) is 4.90 Å². The zero-order valence-corrected chi connectivity index (χ0v) is 16.9. The summed E-state index contributed by atoms with van der Waals surface area (Å²) in [6.07, 6.45) is 2.93. The van der Waals surface area contributed by atoms with Crippen LogP contribution >= 0.6 is 0 Å². The molecular formula is C22H16FNO6S. The second kappa shape index (κ2) is 7.77. The molecule has 0 atom stereocenters. The van der Waals surface area contributed by atoms with Crippen LogP contribution in [0, 0.1) is 5.82 Å². The van der Waals surface area contributed by atoms with E-state index in [-0.39, 0.29) is 10.6 Å². The molecule has 4 aromatic rings. The largest absolute Gasteiger partial charge is 0.495 e. The molecule has 0 saturated heterocycles. The fourth-order valence-electron chi connectivity index (χ4n) is 3.35. The second-order valence-corrected chi connectivity index (χ2v) is 8.27. The fraction of sp³-hybridized carbons (Fsp3) is 0.0455. The molecule has 158 valence electrons. The van der Waals surface area contributed by atoms with Crippen LogP contribution in [0.5, 0.6) is 5.75 Å². The minimum atomic E-state index is -4.19. The lowest BCUT2D eigenvalue weighted by atomic mass is 10.0. The summed E-state index contributed by atoms with van der Waals surface area (Å²) in [5, 5.41) is 10.1. The molecule has 9 heteroatoms. The molecule has 0 unspecified atom stereocenters. The summed E-state index contributed by atoms with van der Waals surface area (Å²) < 4.78 is 53.3. The number of sulfonamides is 1. The summed E-state index contributed by atoms with van der Waals surface area (Å²) in [5.41, 5.74) is 0.400. The van der Waals surface area contributed by atoms with Gasteiger partial charge in [0, 0.05) is 27.6 Å². The van der Waals surface area contributed by atoms with Crippen molar-refractivity contribution in [1.29, 1.82) is 0 Å². The number of nitrogens with one attached hydrogen (secondary N) is 1. The molecule has 2 N–H and O–H groups in total. The van der Waals surface area contributed by atoms with E-state index in [1.54, 1.807) is 30.3 Å². The SMILES string of the molecule is COc1c(-c2ccoc2)cc(S(=O)(=O)Nc2ccc(F)c(C(=O)O)c2)c2ccccc12. The predicted octanol–water partition coefficient (Wildman–Crippen LogP) is 4.75. The molecule has 0 saturated carbocycles. The lowest BCUT2D eigenvalue weighted by molar-refractivity contribution is 0.0692. The van der Waals surface area contributed by atoms with Crippen LogP contribution in [0.1, 0.15) is 10.4 Å². The van der Waals surface area contributed by atoms with Crippen molar-refractivity contribution < 1.29 is 31.9 Å². The molecule has 7 nitrogen and oxygen atoms in total. The number of carbonyl (C=O) groups is 1. The first-order valence-corrected chi connectivity index (χ1v) is 10.5. The monoisotopic (exact) mass is 441 g/mol. The number of halogens is 1. The Hall–Kier alpha value is -3.85. The number of carboxylic acid groups (broad SMARTS) is 1. The predicted molar refractivity (Wildman–Crippen MR) is 112 cm³/mol. The molecule has 0 bridgehead atoms. The Labute approximate surface area is 176 Å². The highest BCUT2D eigenvalue weighted by Gasteiger charge is 2.24. The van der Waals surface area contributed by atoms with E-state index in [2.05, 4.69) is 4.72 Å². The number of carboxylic acids is 1. The van der Waals surface area contributed by atoms with Crippen LogP contribution in [-0.4, -0.2) is 26.6 Å². The van der Waals surface area contributed by atoms with Gasteiger partial charge in [-0.25, -0.2) is 17.6 Å². The van der Waals surface area contributed by atoms with E-state index in [0.717, 1.165) is 18.2 Å². The third-order valence-electron chi connectivity index (χ3n) is 4.73. The third-order valence-corrected chi connectivity index (χ3v) is 6.15. The zero-order chi connectivity index (χ0) is 22.2. The van der Waals surface area contributed by atoms with Gasteiger partial charge in [-0.05, 0) is 30.3 Å². The molecule has 0 aliphatic carbocycles. The van der Waals surface area contributed by atoms with Crippen molar-refractivity contribution in [3.05, 3.63) is 78.5 Å². The van der Waals surface area contributed by atoms with E-state index in [0.29, 0.717) is 27.6 Å². The maximum Gasteiger partial charge on any atom is 0.338 e. The lowest BCUT2D eigenvalue weighted by Gasteiger charge is -2.16. The van der Waals surface area contributed by atoms with Crippen molar-refractivity contribution in [2.24, 2.45) is 0 Å². The summed E-state index contributed by atoms with van der Waals surface area (Å²) in [6, 6.07) is 12.9. The zero-order valence-electron chi connectivity index (χ0n) is 16.1. The van der Waals surface area contributed by atoms with Gasteiger partial charge >= 0.3 is 5.97 Å².